The smallest absolute Gasteiger partial charge is 0.266 e. The molecule has 0 bridgehead atoms. The van der Waals surface area contributed by atoms with E-state index >= 15 is 0 Å². The highest BCUT2D eigenvalue weighted by Crippen LogP contribution is 2.34. The number of thioether (sulfide) groups is 1. The first-order valence-corrected chi connectivity index (χ1v) is 11.4. The molecule has 7 heteroatoms. The van der Waals surface area contributed by atoms with E-state index in [1.807, 2.05) is 44.2 Å². The predicted octanol–water partition coefficient (Wildman–Crippen LogP) is 5.38. The van der Waals surface area contributed by atoms with Crippen molar-refractivity contribution < 1.29 is 19.0 Å². The Balaban J connectivity index is 1.57. The van der Waals surface area contributed by atoms with Crippen molar-refractivity contribution in [1.29, 1.82) is 0 Å². The lowest BCUT2D eigenvalue weighted by atomic mass is 10.1. The number of aryl methyl sites for hydroxylation is 2. The third kappa shape index (κ3) is 5.80. The van der Waals surface area contributed by atoms with Gasteiger partial charge < -0.3 is 14.2 Å². The van der Waals surface area contributed by atoms with Crippen LogP contribution in [0.4, 0.5) is 0 Å². The Kier molecular flexibility index (Phi) is 7.98. The Hall–Kier alpha value is -2.51. The summed E-state index contributed by atoms with van der Waals surface area (Å²) in [4.78, 5) is 14.6. The van der Waals surface area contributed by atoms with Gasteiger partial charge in [0.25, 0.3) is 5.91 Å². The minimum Gasteiger partial charge on any atom is -0.493 e. The summed E-state index contributed by atoms with van der Waals surface area (Å²) in [5.74, 6) is 2.14. The molecular weight excluding hydrogens is 430 g/mol. The van der Waals surface area contributed by atoms with Crippen molar-refractivity contribution in [3.8, 4) is 17.2 Å². The van der Waals surface area contributed by atoms with Crippen LogP contribution in [0.3, 0.4) is 0 Å². The lowest BCUT2D eigenvalue weighted by Gasteiger charge is -2.13. The molecule has 164 valence electrons. The predicted molar refractivity (Wildman–Crippen MR) is 130 cm³/mol. The molecule has 1 fully saturated rings. The van der Waals surface area contributed by atoms with Crippen LogP contribution in [0.2, 0.25) is 0 Å². The molecule has 0 atom stereocenters. The molecule has 0 aromatic heterocycles. The molecule has 3 rings (SSSR count). The van der Waals surface area contributed by atoms with E-state index in [4.69, 9.17) is 26.4 Å². The Bertz CT molecular complexity index is 1000. The van der Waals surface area contributed by atoms with E-state index in [0.29, 0.717) is 40.5 Å². The number of benzene rings is 2. The Morgan fingerprint density at radius 1 is 1.03 bits per heavy atom. The number of nitrogens with zero attached hydrogens (tertiary/aromatic N) is 1. The van der Waals surface area contributed by atoms with Gasteiger partial charge in [-0.25, -0.2) is 0 Å². The van der Waals surface area contributed by atoms with E-state index in [1.54, 1.807) is 12.0 Å². The fourth-order valence-corrected chi connectivity index (χ4v) is 4.49. The first-order valence-electron chi connectivity index (χ1n) is 10.2. The van der Waals surface area contributed by atoms with Crippen molar-refractivity contribution in [2.24, 2.45) is 0 Å². The van der Waals surface area contributed by atoms with Gasteiger partial charge in [-0.15, -0.1) is 0 Å². The summed E-state index contributed by atoms with van der Waals surface area (Å²) in [7, 11) is 1.60. The van der Waals surface area contributed by atoms with Crippen LogP contribution in [0.1, 0.15) is 30.0 Å². The number of hydrogen-bond acceptors (Lipinski definition) is 6. The highest BCUT2D eigenvalue weighted by molar-refractivity contribution is 8.26. The van der Waals surface area contributed by atoms with E-state index < -0.39 is 0 Å². The largest absolute Gasteiger partial charge is 0.493 e. The number of thiocarbonyl (C=S) groups is 1. The van der Waals surface area contributed by atoms with Crippen LogP contribution in [0.5, 0.6) is 17.2 Å². The van der Waals surface area contributed by atoms with Gasteiger partial charge in [0.15, 0.2) is 11.5 Å². The zero-order valence-corrected chi connectivity index (χ0v) is 19.9. The fourth-order valence-electron chi connectivity index (χ4n) is 3.10. The van der Waals surface area contributed by atoms with Crippen molar-refractivity contribution in [3.05, 3.63) is 58.0 Å². The van der Waals surface area contributed by atoms with Crippen molar-refractivity contribution in [2.45, 2.75) is 27.2 Å². The number of ether oxygens (including phenoxy) is 3. The van der Waals surface area contributed by atoms with Crippen molar-refractivity contribution in [1.82, 2.24) is 4.90 Å². The molecule has 31 heavy (non-hydrogen) atoms. The summed E-state index contributed by atoms with van der Waals surface area (Å²) in [5, 5.41) is 0. The molecule has 1 aliphatic heterocycles. The van der Waals surface area contributed by atoms with E-state index in [9.17, 15) is 4.79 Å². The van der Waals surface area contributed by atoms with Gasteiger partial charge in [-0.1, -0.05) is 42.2 Å². The standard InChI is InChI=1S/C24H27NO4S2/c1-5-25-23(26)22(31-24(25)30)15-18-9-10-19(21(14-18)27-4)28-11-6-12-29-20-13-16(2)7-8-17(20)3/h7-10,13-15H,5-6,11-12H2,1-4H3. The normalized spacial score (nSPS) is 15.0. The molecule has 0 aliphatic carbocycles. The van der Waals surface area contributed by atoms with E-state index in [0.717, 1.165) is 23.3 Å². The van der Waals surface area contributed by atoms with Crippen LogP contribution in [0.25, 0.3) is 6.08 Å². The van der Waals surface area contributed by atoms with Crippen LogP contribution in [0, 0.1) is 13.8 Å². The van der Waals surface area contributed by atoms with Crippen molar-refractivity contribution >= 4 is 40.3 Å². The third-order valence-corrected chi connectivity index (χ3v) is 6.20. The van der Waals surface area contributed by atoms with Crippen LogP contribution in [0.15, 0.2) is 41.3 Å². The molecule has 0 radical (unpaired) electrons. The first kappa shape index (κ1) is 23.2. The average molecular weight is 458 g/mol. The molecule has 1 saturated heterocycles. The minimum atomic E-state index is -0.0550. The number of hydrogen-bond donors (Lipinski definition) is 0. The van der Waals surface area contributed by atoms with E-state index in [1.165, 1.54) is 17.3 Å². The summed E-state index contributed by atoms with van der Waals surface area (Å²) in [6.07, 6.45) is 2.58. The topological polar surface area (TPSA) is 48.0 Å². The van der Waals surface area contributed by atoms with Crippen molar-refractivity contribution in [3.63, 3.8) is 0 Å². The quantitative estimate of drug-likeness (QED) is 0.286. The second kappa shape index (κ2) is 10.7. The monoisotopic (exact) mass is 457 g/mol. The molecule has 1 amide bonds. The lowest BCUT2D eigenvalue weighted by molar-refractivity contribution is -0.121. The van der Waals surface area contributed by atoms with Crippen LogP contribution in [-0.4, -0.2) is 42.0 Å². The fraction of sp³-hybridized carbons (Fsp3) is 0.333. The molecule has 1 aliphatic rings. The summed E-state index contributed by atoms with van der Waals surface area (Å²) in [6.45, 7) is 7.66. The molecule has 5 nitrogen and oxygen atoms in total. The highest BCUT2D eigenvalue weighted by atomic mass is 32.2. The van der Waals surface area contributed by atoms with Gasteiger partial charge in [-0.05, 0) is 61.7 Å². The average Bonchev–Trinajstić information content (AvgIpc) is 3.03. The zero-order valence-electron chi connectivity index (χ0n) is 18.3. The second-order valence-corrected chi connectivity index (χ2v) is 8.83. The number of carbonyl (C=O) groups excluding carboxylic acids is 1. The molecule has 2 aromatic rings. The van der Waals surface area contributed by atoms with E-state index in [2.05, 4.69) is 19.1 Å². The Morgan fingerprint density at radius 3 is 2.45 bits per heavy atom. The van der Waals surface area contributed by atoms with Gasteiger partial charge in [-0.3, -0.25) is 9.69 Å². The second-order valence-electron chi connectivity index (χ2n) is 7.16. The summed E-state index contributed by atoms with van der Waals surface area (Å²) in [5.41, 5.74) is 3.16. The van der Waals surface area contributed by atoms with Gasteiger partial charge in [0, 0.05) is 13.0 Å². The van der Waals surface area contributed by atoms with Gasteiger partial charge in [0.2, 0.25) is 0 Å². The van der Waals surface area contributed by atoms with Gasteiger partial charge in [-0.2, -0.15) is 0 Å². The molecular formula is C24H27NO4S2. The molecule has 1 heterocycles. The van der Waals surface area contributed by atoms with Crippen LogP contribution >= 0.6 is 24.0 Å². The first-order chi connectivity index (χ1) is 14.9. The summed E-state index contributed by atoms with van der Waals surface area (Å²) >= 11 is 6.59. The maximum Gasteiger partial charge on any atom is 0.266 e. The van der Waals surface area contributed by atoms with Gasteiger partial charge in [0.05, 0.1) is 25.2 Å². The summed E-state index contributed by atoms with van der Waals surface area (Å²) < 4.78 is 17.8. The number of likely N-dealkylation sites (N-methyl/N-ethyl adjacent to an activating group) is 1. The van der Waals surface area contributed by atoms with Crippen molar-refractivity contribution in [2.75, 3.05) is 26.9 Å². The van der Waals surface area contributed by atoms with Crippen LogP contribution < -0.4 is 14.2 Å². The maximum absolute atomic E-state index is 12.4. The molecule has 2 aromatic carbocycles. The van der Waals surface area contributed by atoms with Gasteiger partial charge >= 0.3 is 0 Å². The van der Waals surface area contributed by atoms with Gasteiger partial charge in [0.1, 0.15) is 10.1 Å². The maximum atomic E-state index is 12.4. The molecule has 0 spiro atoms. The lowest BCUT2D eigenvalue weighted by Crippen LogP contribution is -2.27. The Morgan fingerprint density at radius 2 is 1.77 bits per heavy atom. The van der Waals surface area contributed by atoms with E-state index in [-0.39, 0.29) is 5.91 Å². The highest BCUT2D eigenvalue weighted by Gasteiger charge is 2.30. The minimum absolute atomic E-state index is 0.0550. The number of rotatable bonds is 9. The zero-order chi connectivity index (χ0) is 22.4. The summed E-state index contributed by atoms with van der Waals surface area (Å²) in [6, 6.07) is 11.8. The molecule has 0 saturated carbocycles. The molecule has 0 unspecified atom stereocenters. The number of amides is 1. The third-order valence-electron chi connectivity index (χ3n) is 4.82. The van der Waals surface area contributed by atoms with Crippen LogP contribution in [-0.2, 0) is 4.79 Å². The SMILES string of the molecule is CCN1C(=O)C(=Cc2ccc(OCCCOc3cc(C)ccc3C)c(OC)c2)SC1=S. The molecule has 0 N–H and O–H groups in total. The number of carbonyl (C=O) groups is 1. The Labute approximate surface area is 193 Å². The number of methoxy groups -OCH3 is 1.